The smallest absolute Gasteiger partial charge is 0.228 e. The number of anilines is 1. The Kier molecular flexibility index (Phi) is 6.74. The highest BCUT2D eigenvalue weighted by molar-refractivity contribution is 7.90. The zero-order valence-corrected chi connectivity index (χ0v) is 20.7. The molecule has 180 valence electrons. The second-order valence-electron chi connectivity index (χ2n) is 9.02. The first kappa shape index (κ1) is 23.4. The number of carbonyl (C=O) groups excluding carboxylic acids is 1. The van der Waals surface area contributed by atoms with Crippen LogP contribution in [0.5, 0.6) is 11.5 Å². The minimum absolute atomic E-state index is 0.0794. The summed E-state index contributed by atoms with van der Waals surface area (Å²) >= 11 is -1.09. The maximum Gasteiger partial charge on any atom is 0.228 e. The van der Waals surface area contributed by atoms with Crippen LogP contribution in [0.2, 0.25) is 0 Å². The standard InChI is InChI=1S/C27H28N4O3S/c1-18-13-19(14-27(32)30-20-16-29-31(17-20)21-5-3-4-6-21)7-10-25(18)34-26-11-12-28-24-9-8-22(35(2)33)15-23(24)26/h7-13,15-17,21H,3-6,14H2,1-2H3,(H,30,32). The molecule has 1 atom stereocenters. The van der Waals surface area contributed by atoms with E-state index in [2.05, 4.69) is 15.4 Å². The Bertz CT molecular complexity index is 1360. The Morgan fingerprint density at radius 1 is 1.17 bits per heavy atom. The van der Waals surface area contributed by atoms with E-state index < -0.39 is 11.2 Å². The summed E-state index contributed by atoms with van der Waals surface area (Å²) in [5, 5.41) is 8.19. The van der Waals surface area contributed by atoms with E-state index in [1.807, 2.05) is 54.2 Å². The maximum absolute atomic E-state index is 12.6. The third-order valence-corrected chi connectivity index (χ3v) is 7.33. The molecular weight excluding hydrogens is 460 g/mol. The Morgan fingerprint density at radius 2 is 2.00 bits per heavy atom. The second-order valence-corrected chi connectivity index (χ2v) is 10.4. The lowest BCUT2D eigenvalue weighted by Crippen LogP contribution is -2.14. The van der Waals surface area contributed by atoms with Crippen LogP contribution in [-0.4, -0.2) is 31.5 Å². The lowest BCUT2D eigenvalue weighted by Gasteiger charge is -2.13. The number of amides is 1. The summed E-state index contributed by atoms with van der Waals surface area (Å²) in [4.78, 5) is 17.7. The fraction of sp³-hybridized carbons (Fsp3) is 0.296. The molecule has 8 heteroatoms. The van der Waals surface area contributed by atoms with Crippen molar-refractivity contribution in [2.24, 2.45) is 0 Å². The topological polar surface area (TPSA) is 92.1 Å². The first-order chi connectivity index (χ1) is 17.0. The lowest BCUT2D eigenvalue weighted by atomic mass is 10.1. The van der Waals surface area contributed by atoms with Crippen molar-refractivity contribution in [3.05, 3.63) is 72.2 Å². The Labute approximate surface area is 207 Å². The van der Waals surface area contributed by atoms with Crippen LogP contribution in [-0.2, 0) is 22.4 Å². The summed E-state index contributed by atoms with van der Waals surface area (Å²) < 4.78 is 20.1. The number of aryl methyl sites for hydroxylation is 1. The molecule has 5 rings (SSSR count). The minimum atomic E-state index is -1.09. The number of pyridine rings is 1. The van der Waals surface area contributed by atoms with Crippen molar-refractivity contribution in [2.45, 2.75) is 50.0 Å². The van der Waals surface area contributed by atoms with Gasteiger partial charge in [0.2, 0.25) is 5.91 Å². The van der Waals surface area contributed by atoms with E-state index >= 15 is 0 Å². The van der Waals surface area contributed by atoms with Crippen molar-refractivity contribution in [3.63, 3.8) is 0 Å². The summed E-state index contributed by atoms with van der Waals surface area (Å²) in [6.45, 7) is 1.96. The summed E-state index contributed by atoms with van der Waals surface area (Å²) in [7, 11) is 0. The van der Waals surface area contributed by atoms with Crippen molar-refractivity contribution in [1.29, 1.82) is 0 Å². The maximum atomic E-state index is 12.6. The number of ether oxygens (including phenoxy) is 1. The van der Waals surface area contributed by atoms with Crippen LogP contribution >= 0.6 is 0 Å². The van der Waals surface area contributed by atoms with E-state index in [9.17, 15) is 9.35 Å². The van der Waals surface area contributed by atoms with Crippen molar-refractivity contribution in [2.75, 3.05) is 11.6 Å². The number of hydrogen-bond donors (Lipinski definition) is 1. The normalized spacial score (nSPS) is 14.8. The zero-order valence-electron chi connectivity index (χ0n) is 19.9. The molecule has 1 amide bonds. The summed E-state index contributed by atoms with van der Waals surface area (Å²) in [5.41, 5.74) is 3.33. The van der Waals surface area contributed by atoms with Crippen molar-refractivity contribution < 1.29 is 14.1 Å². The molecule has 1 unspecified atom stereocenters. The molecular formula is C27H28N4O3S. The number of nitrogens with zero attached hydrogens (tertiary/aromatic N) is 3. The average molecular weight is 489 g/mol. The highest BCUT2D eigenvalue weighted by Gasteiger charge is 2.18. The molecule has 0 aliphatic heterocycles. The van der Waals surface area contributed by atoms with Gasteiger partial charge in [0.1, 0.15) is 17.8 Å². The lowest BCUT2D eigenvalue weighted by molar-refractivity contribution is -0.115. The fourth-order valence-corrected chi connectivity index (χ4v) is 5.13. The van der Waals surface area contributed by atoms with E-state index in [1.165, 1.54) is 12.8 Å². The molecule has 2 aromatic carbocycles. The van der Waals surface area contributed by atoms with Crippen LogP contribution < -0.4 is 10.1 Å². The molecule has 1 saturated carbocycles. The number of fused-ring (bicyclic) bond motifs is 1. The van der Waals surface area contributed by atoms with Crippen LogP contribution in [0.1, 0.15) is 42.9 Å². The second kappa shape index (κ2) is 10.1. The quantitative estimate of drug-likeness (QED) is 0.344. The molecule has 2 heterocycles. The molecule has 4 aromatic rings. The third-order valence-electron chi connectivity index (χ3n) is 6.41. The SMILES string of the molecule is Cc1cc(CC(=O)Nc2cnn(C3CCCC3)c2)ccc1Oc1ccnc2ccc([S+](C)[O-])cc12. The molecule has 7 nitrogen and oxygen atoms in total. The van der Waals surface area contributed by atoms with E-state index in [1.54, 1.807) is 24.7 Å². The van der Waals surface area contributed by atoms with E-state index in [0.29, 0.717) is 17.5 Å². The predicted molar refractivity (Wildman–Crippen MR) is 137 cm³/mol. The molecule has 0 spiro atoms. The molecule has 0 saturated heterocycles. The van der Waals surface area contributed by atoms with E-state index in [-0.39, 0.29) is 12.3 Å². The highest BCUT2D eigenvalue weighted by atomic mass is 32.2. The average Bonchev–Trinajstić information content (AvgIpc) is 3.53. The molecule has 0 radical (unpaired) electrons. The Morgan fingerprint density at radius 3 is 2.77 bits per heavy atom. The Balaban J connectivity index is 1.27. The number of aromatic nitrogens is 3. The van der Waals surface area contributed by atoms with Crippen LogP contribution in [0.4, 0.5) is 5.69 Å². The Hall–Kier alpha value is -3.36. The van der Waals surface area contributed by atoms with Crippen LogP contribution in [0.25, 0.3) is 10.9 Å². The number of nitrogens with one attached hydrogen (secondary N) is 1. The summed E-state index contributed by atoms with van der Waals surface area (Å²) in [6, 6.07) is 13.5. The number of carbonyl (C=O) groups is 1. The van der Waals surface area contributed by atoms with Gasteiger partial charge in [0.25, 0.3) is 0 Å². The van der Waals surface area contributed by atoms with Gasteiger partial charge in [-0.25, -0.2) is 0 Å². The van der Waals surface area contributed by atoms with Gasteiger partial charge in [-0.1, -0.05) is 25.0 Å². The molecule has 1 aliphatic rings. The van der Waals surface area contributed by atoms with Gasteiger partial charge in [0.05, 0.1) is 29.9 Å². The zero-order chi connectivity index (χ0) is 24.4. The third kappa shape index (κ3) is 5.33. The molecule has 35 heavy (non-hydrogen) atoms. The van der Waals surface area contributed by atoms with Gasteiger partial charge in [-0.2, -0.15) is 5.10 Å². The largest absolute Gasteiger partial charge is 0.612 e. The van der Waals surface area contributed by atoms with Gasteiger partial charge in [-0.05, 0) is 66.3 Å². The molecule has 0 bridgehead atoms. The molecule has 1 fully saturated rings. The molecule has 1 N–H and O–H groups in total. The van der Waals surface area contributed by atoms with Crippen LogP contribution in [0.15, 0.2) is 66.0 Å². The summed E-state index contributed by atoms with van der Waals surface area (Å²) in [5.74, 6) is 1.27. The van der Waals surface area contributed by atoms with Gasteiger partial charge in [-0.15, -0.1) is 0 Å². The van der Waals surface area contributed by atoms with Crippen molar-refractivity contribution in [3.8, 4) is 11.5 Å². The fourth-order valence-electron chi connectivity index (χ4n) is 4.58. The van der Waals surface area contributed by atoms with Crippen LogP contribution in [0.3, 0.4) is 0 Å². The predicted octanol–water partition coefficient (Wildman–Crippen LogP) is 5.57. The van der Waals surface area contributed by atoms with Crippen molar-refractivity contribution in [1.82, 2.24) is 14.8 Å². The number of hydrogen-bond acceptors (Lipinski definition) is 5. The van der Waals surface area contributed by atoms with Gasteiger partial charge < -0.3 is 14.6 Å². The van der Waals surface area contributed by atoms with E-state index in [0.717, 1.165) is 45.5 Å². The molecule has 1 aliphatic carbocycles. The number of rotatable bonds is 7. The molecule has 2 aromatic heterocycles. The monoisotopic (exact) mass is 488 g/mol. The van der Waals surface area contributed by atoms with Gasteiger partial charge in [0, 0.05) is 23.8 Å². The van der Waals surface area contributed by atoms with Gasteiger partial charge in [-0.3, -0.25) is 14.5 Å². The van der Waals surface area contributed by atoms with Gasteiger partial charge in [0.15, 0.2) is 4.90 Å². The van der Waals surface area contributed by atoms with E-state index in [4.69, 9.17) is 4.74 Å². The first-order valence-electron chi connectivity index (χ1n) is 11.8. The van der Waals surface area contributed by atoms with Gasteiger partial charge >= 0.3 is 0 Å². The summed E-state index contributed by atoms with van der Waals surface area (Å²) in [6.07, 6.45) is 12.0. The van der Waals surface area contributed by atoms with Crippen LogP contribution in [0, 0.1) is 6.92 Å². The first-order valence-corrected chi connectivity index (χ1v) is 13.4. The number of benzene rings is 2. The highest BCUT2D eigenvalue weighted by Crippen LogP contribution is 2.33. The van der Waals surface area contributed by atoms with Crippen molar-refractivity contribution >= 4 is 33.7 Å². The minimum Gasteiger partial charge on any atom is -0.612 e.